The molecule has 23 heavy (non-hydrogen) atoms. The summed E-state index contributed by atoms with van der Waals surface area (Å²) in [6.07, 6.45) is 2.01. The fourth-order valence-corrected chi connectivity index (χ4v) is 3.56. The van der Waals surface area contributed by atoms with Crippen LogP contribution in [0, 0.1) is 0 Å². The molecular weight excluding hydrogens is 292 g/mol. The van der Waals surface area contributed by atoms with Gasteiger partial charge in [-0.1, -0.05) is 12.1 Å². The van der Waals surface area contributed by atoms with Crippen molar-refractivity contribution in [2.75, 3.05) is 32.8 Å². The lowest BCUT2D eigenvalue weighted by molar-refractivity contribution is -0.140. The second-order valence-corrected chi connectivity index (χ2v) is 6.27. The highest BCUT2D eigenvalue weighted by molar-refractivity contribution is 5.82. The average molecular weight is 314 g/mol. The molecule has 0 bridgehead atoms. The van der Waals surface area contributed by atoms with Gasteiger partial charge in [0.25, 0.3) is 0 Å². The Morgan fingerprint density at radius 1 is 1.26 bits per heavy atom. The summed E-state index contributed by atoms with van der Waals surface area (Å²) in [5, 5.41) is 0. The summed E-state index contributed by atoms with van der Waals surface area (Å²) < 4.78 is 5.35. The van der Waals surface area contributed by atoms with Gasteiger partial charge < -0.3 is 14.6 Å². The number of carbonyl (C=O) groups excluding carboxylic acids is 1. The second-order valence-electron chi connectivity index (χ2n) is 6.27. The van der Waals surface area contributed by atoms with Crippen LogP contribution in [0.5, 0.6) is 0 Å². The van der Waals surface area contributed by atoms with E-state index in [-0.39, 0.29) is 11.9 Å². The molecule has 1 amide bonds. The molecule has 2 fully saturated rings. The van der Waals surface area contributed by atoms with Gasteiger partial charge >= 0.3 is 0 Å². The first-order valence-electron chi connectivity index (χ1n) is 8.35. The van der Waals surface area contributed by atoms with Gasteiger partial charge in [0.05, 0.1) is 36.8 Å². The lowest BCUT2D eigenvalue weighted by atomic mass is 10.2. The van der Waals surface area contributed by atoms with Crippen LogP contribution in [-0.4, -0.2) is 64.6 Å². The van der Waals surface area contributed by atoms with E-state index in [0.29, 0.717) is 32.8 Å². The Morgan fingerprint density at radius 2 is 2.09 bits per heavy atom. The summed E-state index contributed by atoms with van der Waals surface area (Å²) in [7, 11) is 0. The van der Waals surface area contributed by atoms with Gasteiger partial charge in [-0.15, -0.1) is 0 Å². The number of hydrogen-bond donors (Lipinski definition) is 1. The van der Waals surface area contributed by atoms with Crippen molar-refractivity contribution in [2.45, 2.75) is 25.4 Å². The first kappa shape index (κ1) is 14.7. The molecule has 3 heterocycles. The summed E-state index contributed by atoms with van der Waals surface area (Å²) in [5.74, 6) is 1.19. The van der Waals surface area contributed by atoms with Crippen LogP contribution in [0.1, 0.15) is 18.7 Å². The zero-order valence-electron chi connectivity index (χ0n) is 13.2. The number of H-pyrrole nitrogens is 1. The summed E-state index contributed by atoms with van der Waals surface area (Å²) in [6.45, 7) is 4.40. The maximum atomic E-state index is 12.8. The lowest BCUT2D eigenvalue weighted by Gasteiger charge is -2.32. The Bertz CT molecular complexity index is 660. The number of para-hydroxylation sites is 2. The van der Waals surface area contributed by atoms with Crippen LogP contribution < -0.4 is 0 Å². The van der Waals surface area contributed by atoms with Crippen molar-refractivity contribution >= 4 is 16.9 Å². The van der Waals surface area contributed by atoms with Gasteiger partial charge in [-0.25, -0.2) is 4.98 Å². The van der Waals surface area contributed by atoms with Gasteiger partial charge in [0, 0.05) is 13.1 Å². The molecule has 2 aliphatic heterocycles. The Hall–Kier alpha value is -1.92. The van der Waals surface area contributed by atoms with Crippen molar-refractivity contribution < 1.29 is 9.53 Å². The molecule has 1 aromatic carbocycles. The number of nitrogens with zero attached hydrogens (tertiary/aromatic N) is 3. The number of morpholine rings is 1. The fraction of sp³-hybridized carbons (Fsp3) is 0.529. The predicted octanol–water partition coefficient (Wildman–Crippen LogP) is 1.39. The molecule has 0 saturated carbocycles. The number of likely N-dealkylation sites (tertiary alicyclic amines) is 1. The summed E-state index contributed by atoms with van der Waals surface area (Å²) in [6, 6.07) is 8.03. The van der Waals surface area contributed by atoms with E-state index >= 15 is 0 Å². The minimum absolute atomic E-state index is 0.0127. The Kier molecular flexibility index (Phi) is 4.01. The number of nitrogens with one attached hydrogen (secondary N) is 1. The monoisotopic (exact) mass is 314 g/mol. The molecule has 1 atom stereocenters. The molecule has 6 nitrogen and oxygen atoms in total. The van der Waals surface area contributed by atoms with Crippen molar-refractivity contribution in [2.24, 2.45) is 0 Å². The number of hydrogen-bond acceptors (Lipinski definition) is 4. The van der Waals surface area contributed by atoms with E-state index in [0.717, 1.165) is 36.2 Å². The van der Waals surface area contributed by atoms with E-state index in [4.69, 9.17) is 4.74 Å². The van der Waals surface area contributed by atoms with Crippen LogP contribution in [-0.2, 0) is 16.1 Å². The molecular formula is C17H22N4O2. The number of rotatable bonds is 3. The third kappa shape index (κ3) is 2.96. The zero-order valence-corrected chi connectivity index (χ0v) is 13.2. The quantitative estimate of drug-likeness (QED) is 0.930. The van der Waals surface area contributed by atoms with E-state index in [9.17, 15) is 4.79 Å². The number of carbonyl (C=O) groups is 1. The van der Waals surface area contributed by atoms with Crippen LogP contribution in [0.4, 0.5) is 0 Å². The molecule has 6 heteroatoms. The first-order chi connectivity index (χ1) is 11.3. The summed E-state index contributed by atoms with van der Waals surface area (Å²) in [4.78, 5) is 25.0. The Balaban J connectivity index is 1.47. The van der Waals surface area contributed by atoms with E-state index in [1.807, 2.05) is 29.2 Å². The fourth-order valence-electron chi connectivity index (χ4n) is 3.56. The molecule has 2 aliphatic rings. The molecule has 2 saturated heterocycles. The molecule has 0 spiro atoms. The molecule has 0 radical (unpaired) electrons. The highest BCUT2D eigenvalue weighted by Gasteiger charge is 2.34. The molecule has 4 rings (SSSR count). The largest absolute Gasteiger partial charge is 0.378 e. The normalized spacial score (nSPS) is 22.8. The Morgan fingerprint density at radius 3 is 2.91 bits per heavy atom. The third-order valence-corrected chi connectivity index (χ3v) is 4.76. The van der Waals surface area contributed by atoms with Gasteiger partial charge in [-0.2, -0.15) is 0 Å². The van der Waals surface area contributed by atoms with Gasteiger partial charge in [-0.05, 0) is 31.5 Å². The maximum absolute atomic E-state index is 12.8. The van der Waals surface area contributed by atoms with Crippen molar-refractivity contribution in [3.05, 3.63) is 30.1 Å². The summed E-state index contributed by atoms with van der Waals surface area (Å²) >= 11 is 0. The van der Waals surface area contributed by atoms with Crippen molar-refractivity contribution in [1.29, 1.82) is 0 Å². The molecule has 0 aliphatic carbocycles. The standard InChI is InChI=1S/C17H22N4O2/c22-17(20-8-10-23-11-9-20)15-6-3-7-21(15)12-16-18-13-4-1-2-5-14(13)19-16/h1-2,4-5,15H,3,6-12H2,(H,18,19). The number of benzene rings is 1. The van der Waals surface area contributed by atoms with Crippen LogP contribution in [0.15, 0.2) is 24.3 Å². The van der Waals surface area contributed by atoms with Crippen molar-refractivity contribution in [1.82, 2.24) is 19.8 Å². The predicted molar refractivity (Wildman–Crippen MR) is 86.9 cm³/mol. The van der Waals surface area contributed by atoms with Gasteiger partial charge in [0.2, 0.25) is 5.91 Å². The number of ether oxygens (including phenoxy) is 1. The number of imidazole rings is 1. The van der Waals surface area contributed by atoms with Crippen LogP contribution in [0.3, 0.4) is 0 Å². The number of aromatic amines is 1. The zero-order chi connectivity index (χ0) is 15.6. The van der Waals surface area contributed by atoms with Gasteiger partial charge in [0.15, 0.2) is 0 Å². The highest BCUT2D eigenvalue weighted by Crippen LogP contribution is 2.22. The van der Waals surface area contributed by atoms with Crippen molar-refractivity contribution in [3.8, 4) is 0 Å². The molecule has 122 valence electrons. The smallest absolute Gasteiger partial charge is 0.240 e. The third-order valence-electron chi connectivity index (χ3n) is 4.76. The first-order valence-corrected chi connectivity index (χ1v) is 8.35. The van der Waals surface area contributed by atoms with Crippen LogP contribution in [0.25, 0.3) is 11.0 Å². The van der Waals surface area contributed by atoms with E-state index in [1.54, 1.807) is 0 Å². The highest BCUT2D eigenvalue weighted by atomic mass is 16.5. The van der Waals surface area contributed by atoms with Gasteiger partial charge in [-0.3, -0.25) is 9.69 Å². The topological polar surface area (TPSA) is 61.5 Å². The minimum atomic E-state index is -0.0127. The number of aromatic nitrogens is 2. The average Bonchev–Trinajstić information content (AvgIpc) is 3.21. The number of amides is 1. The van der Waals surface area contributed by atoms with Crippen LogP contribution in [0.2, 0.25) is 0 Å². The summed E-state index contributed by atoms with van der Waals surface area (Å²) in [5.41, 5.74) is 2.04. The molecule has 1 unspecified atom stereocenters. The van der Waals surface area contributed by atoms with Crippen molar-refractivity contribution in [3.63, 3.8) is 0 Å². The lowest BCUT2D eigenvalue weighted by Crippen LogP contribution is -2.49. The second kappa shape index (κ2) is 6.29. The Labute approximate surface area is 135 Å². The molecule has 1 N–H and O–H groups in total. The van der Waals surface area contributed by atoms with Crippen LogP contribution >= 0.6 is 0 Å². The van der Waals surface area contributed by atoms with E-state index in [1.165, 1.54) is 0 Å². The SMILES string of the molecule is O=C(C1CCCN1Cc1nc2ccccc2[nH]1)N1CCOCC1. The van der Waals surface area contributed by atoms with Gasteiger partial charge in [0.1, 0.15) is 5.82 Å². The minimum Gasteiger partial charge on any atom is -0.378 e. The van der Waals surface area contributed by atoms with E-state index in [2.05, 4.69) is 14.9 Å². The molecule has 1 aromatic heterocycles. The number of fused-ring (bicyclic) bond motifs is 1. The maximum Gasteiger partial charge on any atom is 0.240 e. The van der Waals surface area contributed by atoms with E-state index < -0.39 is 0 Å². The molecule has 2 aromatic rings.